The number of carboxylic acids is 1. The van der Waals surface area contributed by atoms with E-state index in [0.29, 0.717) is 17.7 Å². The molecule has 1 aromatic rings. The van der Waals surface area contributed by atoms with Crippen molar-refractivity contribution in [3.05, 3.63) is 43.6 Å². The number of hydrogen-bond donors (Lipinski definition) is 2. The number of carboxylic acid groups (broad SMARTS) is 1. The molecule has 11 heteroatoms. The summed E-state index contributed by atoms with van der Waals surface area (Å²) in [6, 6.07) is 3.10. The van der Waals surface area contributed by atoms with E-state index in [2.05, 4.69) is 5.32 Å². The zero-order valence-corrected chi connectivity index (χ0v) is 18.5. The van der Waals surface area contributed by atoms with Crippen molar-refractivity contribution in [3.63, 3.8) is 0 Å². The molecule has 8 nitrogen and oxygen atoms in total. The Hall–Kier alpha value is -1.32. The SMILES string of the molecule is CC/C(=C\c1ccc(OCCCC(=O)NCC(=O)O)c(Cl)c1Cl)[N+](=O)[O-].[Na+]. The first-order chi connectivity index (χ1) is 12.3. The van der Waals surface area contributed by atoms with Gasteiger partial charge in [-0.25, -0.2) is 0 Å². The summed E-state index contributed by atoms with van der Waals surface area (Å²) < 4.78 is 5.46. The van der Waals surface area contributed by atoms with Crippen molar-refractivity contribution < 1.29 is 53.9 Å². The number of aliphatic carboxylic acids is 1. The van der Waals surface area contributed by atoms with E-state index in [1.54, 1.807) is 13.0 Å². The van der Waals surface area contributed by atoms with Crippen molar-refractivity contribution in [1.29, 1.82) is 0 Å². The number of nitrogens with one attached hydrogen (secondary N) is 1. The molecule has 0 aromatic heterocycles. The summed E-state index contributed by atoms with van der Waals surface area (Å²) in [4.78, 5) is 32.1. The molecule has 1 amide bonds. The van der Waals surface area contributed by atoms with Crippen molar-refractivity contribution >= 4 is 41.2 Å². The van der Waals surface area contributed by atoms with Gasteiger partial charge < -0.3 is 15.2 Å². The Labute approximate surface area is 188 Å². The van der Waals surface area contributed by atoms with Crippen LogP contribution in [0.4, 0.5) is 0 Å². The largest absolute Gasteiger partial charge is 1.00 e. The number of allylic oxidation sites excluding steroid dienone is 1. The van der Waals surface area contributed by atoms with Crippen LogP contribution in [0.15, 0.2) is 17.8 Å². The number of halogens is 2. The third-order valence-electron chi connectivity index (χ3n) is 3.24. The number of carbonyl (C=O) groups excluding carboxylic acids is 1. The van der Waals surface area contributed by atoms with Crippen LogP contribution in [0.2, 0.25) is 10.0 Å². The molecule has 2 N–H and O–H groups in total. The first-order valence-electron chi connectivity index (χ1n) is 7.70. The summed E-state index contributed by atoms with van der Waals surface area (Å²) in [7, 11) is 0. The average molecular weight is 428 g/mol. The summed E-state index contributed by atoms with van der Waals surface area (Å²) in [5, 5.41) is 21.8. The second-order valence-corrected chi connectivity index (χ2v) is 5.91. The second kappa shape index (κ2) is 13.0. The standard InChI is InChI=1S/C16H18Cl2N2O6.Na/c1-2-11(20(24)25)8-10-5-6-12(16(18)15(10)17)26-7-3-4-13(21)19-9-14(22)23;/h5-6,8H,2-4,7,9H2,1H3,(H,19,21)(H,22,23);/q;+1/b11-8+;. The molecule has 1 rings (SSSR count). The number of ether oxygens (including phenoxy) is 1. The van der Waals surface area contributed by atoms with Crippen LogP contribution in [0, 0.1) is 10.1 Å². The molecule has 0 aliphatic heterocycles. The van der Waals surface area contributed by atoms with E-state index in [0.717, 1.165) is 0 Å². The summed E-state index contributed by atoms with van der Waals surface area (Å²) >= 11 is 12.3. The number of carbonyl (C=O) groups is 2. The summed E-state index contributed by atoms with van der Waals surface area (Å²) in [5.41, 5.74) is 0.412. The van der Waals surface area contributed by atoms with E-state index in [-0.39, 0.29) is 64.7 Å². The van der Waals surface area contributed by atoms with Gasteiger partial charge in [0.15, 0.2) is 0 Å². The fourth-order valence-electron chi connectivity index (χ4n) is 1.91. The Morgan fingerprint density at radius 1 is 1.33 bits per heavy atom. The Kier molecular flexibility index (Phi) is 12.3. The topological polar surface area (TPSA) is 119 Å². The molecule has 0 aliphatic rings. The molecule has 0 unspecified atom stereocenters. The van der Waals surface area contributed by atoms with Gasteiger partial charge in [-0.1, -0.05) is 30.1 Å². The monoisotopic (exact) mass is 427 g/mol. The molecule has 0 aliphatic carbocycles. The minimum absolute atomic E-state index is 0. The first-order valence-corrected chi connectivity index (χ1v) is 8.46. The summed E-state index contributed by atoms with van der Waals surface area (Å²) in [6.45, 7) is 1.40. The number of nitrogens with zero attached hydrogens (tertiary/aromatic N) is 1. The van der Waals surface area contributed by atoms with Crippen molar-refractivity contribution in [2.24, 2.45) is 0 Å². The average Bonchev–Trinajstić information content (AvgIpc) is 2.59. The molecule has 0 bridgehead atoms. The van der Waals surface area contributed by atoms with Gasteiger partial charge in [0.05, 0.1) is 16.6 Å². The van der Waals surface area contributed by atoms with E-state index in [9.17, 15) is 19.7 Å². The molecule has 0 spiro atoms. The summed E-state index contributed by atoms with van der Waals surface area (Å²) in [5.74, 6) is -1.22. The van der Waals surface area contributed by atoms with Crippen LogP contribution in [0.1, 0.15) is 31.7 Å². The summed E-state index contributed by atoms with van der Waals surface area (Å²) in [6.07, 6.45) is 2.04. The second-order valence-electron chi connectivity index (χ2n) is 5.15. The van der Waals surface area contributed by atoms with Crippen LogP contribution in [0.5, 0.6) is 5.75 Å². The normalized spacial score (nSPS) is 10.7. The van der Waals surface area contributed by atoms with E-state index in [1.165, 1.54) is 12.1 Å². The Bertz CT molecular complexity index is 727. The Balaban J connectivity index is 0.00000676. The molecule has 0 saturated heterocycles. The third-order valence-corrected chi connectivity index (χ3v) is 4.12. The van der Waals surface area contributed by atoms with Crippen molar-refractivity contribution in [1.82, 2.24) is 5.32 Å². The number of rotatable bonds is 10. The van der Waals surface area contributed by atoms with Gasteiger partial charge in [0.25, 0.3) is 0 Å². The minimum atomic E-state index is -1.12. The van der Waals surface area contributed by atoms with Gasteiger partial charge in [-0.05, 0) is 18.6 Å². The molecule has 27 heavy (non-hydrogen) atoms. The van der Waals surface area contributed by atoms with Gasteiger partial charge in [0.1, 0.15) is 17.3 Å². The van der Waals surface area contributed by atoms with Crippen LogP contribution in [0.25, 0.3) is 6.08 Å². The van der Waals surface area contributed by atoms with Crippen LogP contribution in [-0.4, -0.2) is 35.1 Å². The molecule has 1 aromatic carbocycles. The van der Waals surface area contributed by atoms with Crippen LogP contribution in [-0.2, 0) is 9.59 Å². The van der Waals surface area contributed by atoms with E-state index in [1.807, 2.05) is 0 Å². The van der Waals surface area contributed by atoms with Crippen LogP contribution in [0.3, 0.4) is 0 Å². The fourth-order valence-corrected chi connectivity index (χ4v) is 2.35. The third kappa shape index (κ3) is 8.94. The number of hydrogen-bond acceptors (Lipinski definition) is 5. The Morgan fingerprint density at radius 2 is 2.00 bits per heavy atom. The molecule has 0 atom stereocenters. The molecule has 142 valence electrons. The van der Waals surface area contributed by atoms with Gasteiger partial charge in [-0.3, -0.25) is 19.7 Å². The first kappa shape index (κ1) is 25.7. The molecule has 0 radical (unpaired) electrons. The van der Waals surface area contributed by atoms with E-state index >= 15 is 0 Å². The van der Waals surface area contributed by atoms with Gasteiger partial charge in [0.2, 0.25) is 11.6 Å². The fraction of sp³-hybridized carbons (Fsp3) is 0.375. The van der Waals surface area contributed by atoms with Crippen LogP contribution < -0.4 is 39.6 Å². The molecule has 0 fully saturated rings. The number of amides is 1. The predicted molar refractivity (Wildman–Crippen MR) is 97.1 cm³/mol. The number of benzene rings is 1. The van der Waals surface area contributed by atoms with Gasteiger partial charge in [0, 0.05) is 24.5 Å². The van der Waals surface area contributed by atoms with Crippen LogP contribution >= 0.6 is 23.2 Å². The van der Waals surface area contributed by atoms with Crippen molar-refractivity contribution in [2.75, 3.05) is 13.2 Å². The Morgan fingerprint density at radius 3 is 2.56 bits per heavy atom. The molecular weight excluding hydrogens is 410 g/mol. The van der Waals surface area contributed by atoms with E-state index < -0.39 is 23.3 Å². The van der Waals surface area contributed by atoms with Gasteiger partial charge in [-0.15, -0.1) is 0 Å². The molecular formula is C16H18Cl2N2NaO6+. The minimum Gasteiger partial charge on any atom is -0.492 e. The maximum atomic E-state index is 11.4. The van der Waals surface area contributed by atoms with Crippen molar-refractivity contribution in [3.8, 4) is 5.75 Å². The van der Waals surface area contributed by atoms with Crippen molar-refractivity contribution in [2.45, 2.75) is 26.2 Å². The maximum Gasteiger partial charge on any atom is 1.00 e. The molecule has 0 saturated carbocycles. The van der Waals surface area contributed by atoms with E-state index in [4.69, 9.17) is 33.0 Å². The smallest absolute Gasteiger partial charge is 0.492 e. The zero-order valence-electron chi connectivity index (χ0n) is 15.0. The zero-order chi connectivity index (χ0) is 19.7. The predicted octanol–water partition coefficient (Wildman–Crippen LogP) is 0.385. The maximum absolute atomic E-state index is 11.4. The van der Waals surface area contributed by atoms with Gasteiger partial charge >= 0.3 is 35.5 Å². The van der Waals surface area contributed by atoms with Gasteiger partial charge in [-0.2, -0.15) is 0 Å². The number of nitro groups is 1. The molecule has 0 heterocycles. The quantitative estimate of drug-likeness (QED) is 0.241.